The molecule has 0 radical (unpaired) electrons. The summed E-state index contributed by atoms with van der Waals surface area (Å²) in [5.74, 6) is -0.592. The van der Waals surface area contributed by atoms with Gasteiger partial charge in [0.1, 0.15) is 70.4 Å². The van der Waals surface area contributed by atoms with Crippen molar-refractivity contribution >= 4 is 109 Å². The van der Waals surface area contributed by atoms with Gasteiger partial charge in [-0.05, 0) is 209 Å². The number of alkyl halides is 4. The highest BCUT2D eigenvalue weighted by Gasteiger charge is 2.54. The lowest BCUT2D eigenvalue weighted by Crippen LogP contribution is -2.47. The Hall–Kier alpha value is -7.52. The molecule has 0 bridgehead atoms. The Morgan fingerprint density at radius 3 is 0.954 bits per heavy atom. The van der Waals surface area contributed by atoms with E-state index in [0.29, 0.717) is 124 Å². The number of nitrogen functional groups attached to an aromatic ring is 2. The number of alkyl carbamates (subject to hydrolysis) is 4. The highest BCUT2D eigenvalue weighted by Crippen LogP contribution is 2.55. The molecule has 8 aliphatic rings. The van der Waals surface area contributed by atoms with Crippen molar-refractivity contribution in [3.63, 3.8) is 0 Å². The Balaban J connectivity index is 0.000000168. The van der Waals surface area contributed by atoms with E-state index in [0.717, 1.165) is 12.1 Å². The molecule has 0 unspecified atom stereocenters. The molecular weight excluding hydrogens is 1510 g/mol. The molecule has 4 aliphatic carbocycles. The first-order chi connectivity index (χ1) is 50.9. The third-order valence-corrected chi connectivity index (χ3v) is 23.6. The second-order valence-electron chi connectivity index (χ2n) is 32.3. The number of benzene rings is 4. The smallest absolute Gasteiger partial charge is 0.413 e. The Bertz CT molecular complexity index is 4010. The van der Waals surface area contributed by atoms with Crippen molar-refractivity contribution in [1.82, 2.24) is 21.3 Å². The van der Waals surface area contributed by atoms with Gasteiger partial charge in [0.2, 0.25) is 0 Å². The molecule has 4 fully saturated rings. The van der Waals surface area contributed by atoms with Crippen molar-refractivity contribution in [2.24, 2.45) is 43.6 Å². The number of anilines is 2. The number of nitro groups is 1. The third kappa shape index (κ3) is 22.0. The molecule has 4 heterocycles. The Morgan fingerprint density at radius 2 is 0.679 bits per heavy atom. The van der Waals surface area contributed by atoms with E-state index in [-0.39, 0.29) is 65.2 Å². The molecule has 109 heavy (non-hydrogen) atoms. The fourth-order valence-electron chi connectivity index (χ4n) is 14.8. The minimum atomic E-state index is -1.17. The molecule has 4 saturated carbocycles. The Morgan fingerprint density at radius 1 is 0.422 bits per heavy atom. The number of nitrogens with zero attached hydrogens (tertiary/aromatic N) is 5. The van der Waals surface area contributed by atoms with Gasteiger partial charge in [-0.2, -0.15) is 0 Å². The summed E-state index contributed by atoms with van der Waals surface area (Å²) in [7, 11) is 0. The first-order valence-electron chi connectivity index (χ1n) is 36.1. The van der Waals surface area contributed by atoms with Crippen molar-refractivity contribution in [3.05, 3.63) is 134 Å². The molecule has 12 atom stereocenters. The number of nitrogens with two attached hydrogens (primary N) is 2. The molecule has 4 aromatic carbocycles. The number of nitro benzene ring substituents is 1. The summed E-state index contributed by atoms with van der Waals surface area (Å²) in [4.78, 5) is 77.8. The molecule has 21 nitrogen and oxygen atoms in total. The van der Waals surface area contributed by atoms with Gasteiger partial charge in [0.25, 0.3) is 5.69 Å². The van der Waals surface area contributed by atoms with E-state index in [9.17, 15) is 64.4 Å². The van der Waals surface area contributed by atoms with Crippen LogP contribution >= 0.6 is 47.0 Å². The maximum absolute atomic E-state index is 14.8. The van der Waals surface area contributed by atoms with Gasteiger partial charge in [0.15, 0.2) is 20.7 Å². The van der Waals surface area contributed by atoms with E-state index >= 15 is 0 Å². The van der Waals surface area contributed by atoms with E-state index in [2.05, 4.69) is 26.3 Å². The zero-order valence-electron chi connectivity index (χ0n) is 63.1. The van der Waals surface area contributed by atoms with E-state index in [1.54, 1.807) is 113 Å². The molecule has 33 heteroatoms. The number of amides is 4. The van der Waals surface area contributed by atoms with Crippen LogP contribution in [0.3, 0.4) is 0 Å². The van der Waals surface area contributed by atoms with Crippen LogP contribution in [0, 0.1) is 57.1 Å². The van der Waals surface area contributed by atoms with Crippen LogP contribution in [-0.2, 0) is 41.1 Å². The van der Waals surface area contributed by atoms with E-state index in [1.165, 1.54) is 83.4 Å². The van der Waals surface area contributed by atoms with Crippen molar-refractivity contribution < 1.29 is 78.2 Å². The van der Waals surface area contributed by atoms with E-state index in [1.807, 2.05) is 0 Å². The molecule has 4 amide bonds. The van der Waals surface area contributed by atoms with Crippen molar-refractivity contribution in [1.29, 1.82) is 0 Å². The SMILES string of the molecule is CC(C)(C)OC(=O)NC1=N[C@@]2(c3cc(N)ccc3F)CC[C@@H](F)C[C@H]2CS1.CC(C)(C)OC(=O)NC1=N[C@@]2(c3cc(N)ccc3F)CC[C@@H](F)C[C@H]2CS1.CC(C)(C)OC(=O)NC1=N[C@@]2(c3cc([N+](=O)[O-])ccc3F)CC[C@@H](F)C[C@H]2CS1.CC(C)(C)OC(=O)NC1=N[C@@]2(c3ccccc3F)CC[C@@H](F)C[C@H]2CS1. The number of fused-ring (bicyclic) bond motifs is 4. The van der Waals surface area contributed by atoms with Gasteiger partial charge in [0.05, 0.1) is 27.1 Å². The summed E-state index contributed by atoms with van der Waals surface area (Å²) in [6.07, 6.45) is -2.76. The fraction of sp³-hybridized carbons (Fsp3) is 0.579. The normalized spacial score (nSPS) is 27.9. The number of nitrogens with one attached hydrogen (secondary N) is 4. The topological polar surface area (TPSA) is 298 Å². The van der Waals surface area contributed by atoms with Gasteiger partial charge < -0.3 is 30.4 Å². The molecule has 4 aliphatic heterocycles. The fourth-order valence-corrected chi connectivity index (χ4v) is 19.4. The van der Waals surface area contributed by atoms with Gasteiger partial charge in [-0.3, -0.25) is 51.4 Å². The zero-order valence-corrected chi connectivity index (χ0v) is 66.3. The highest BCUT2D eigenvalue weighted by molar-refractivity contribution is 8.14. The van der Waals surface area contributed by atoms with Gasteiger partial charge in [-0.15, -0.1) is 0 Å². The minimum absolute atomic E-state index is 0.0624. The van der Waals surface area contributed by atoms with Crippen LogP contribution in [0.25, 0.3) is 0 Å². The lowest BCUT2D eigenvalue weighted by atomic mass is 9.69. The first-order valence-corrected chi connectivity index (χ1v) is 40.1. The number of carbonyl (C=O) groups is 4. The summed E-state index contributed by atoms with van der Waals surface area (Å²) in [5.41, 5.74) is 7.13. The van der Waals surface area contributed by atoms with Crippen LogP contribution in [0.1, 0.15) is 182 Å². The standard InChI is InChI=1S/C19H23F2N3O4S.2C19H25F2N3O2S.C19H24F2N2O2S/c1-18(2,3)28-17(25)22-16-23-19(7-6-12(20)8-11(19)10-29-16)14-9-13(24(26)27)4-5-15(14)21;2*1-18(2,3)26-17(25)23-16-24-19(14-9-13(22)4-5-15(14)21)7-6-12(20)8-11(19)10-27-16;1-18(2,3)25-17(24)22-16-23-19(14-6-4-5-7-15(14)21)9-8-13(20)10-12(19)11-26-16/h4-5,9,11-12H,6-8,10H2,1-3H3,(H,22,23,25);2*4-5,9,11-12H,6-8,10,22H2,1-3H3,(H,23,24,25);4-7,12-13H,8-11H2,1-3H3,(H,22,23,24)/t3*11-,12+,19-;12-,13+,19-/m0000/s1. The van der Waals surface area contributed by atoms with Crippen molar-refractivity contribution in [2.45, 2.75) is 229 Å². The molecule has 8 N–H and O–H groups in total. The number of non-ortho nitro benzene ring substituents is 1. The molecule has 0 aromatic heterocycles. The average molecular weight is 1600 g/mol. The molecular formula is C76H97F8N11O10S4. The first kappa shape index (κ1) is 85.5. The van der Waals surface area contributed by atoms with E-state index < -0.39 is 116 Å². The largest absolute Gasteiger partial charge is 0.444 e. The lowest BCUT2D eigenvalue weighted by Gasteiger charge is -2.45. The number of hydrogen-bond acceptors (Lipinski definition) is 20. The van der Waals surface area contributed by atoms with Gasteiger partial charge in [-0.1, -0.05) is 65.2 Å². The second-order valence-corrected chi connectivity index (χ2v) is 36.3. The average Bonchev–Trinajstić information content (AvgIpc) is 0.809. The number of hydrogen-bond donors (Lipinski definition) is 6. The number of carbonyl (C=O) groups excluding carboxylic acids is 4. The Labute approximate surface area is 647 Å². The van der Waals surface area contributed by atoms with Crippen LogP contribution in [0.4, 0.5) is 71.4 Å². The summed E-state index contributed by atoms with van der Waals surface area (Å²) >= 11 is 5.24. The molecule has 0 spiro atoms. The maximum atomic E-state index is 14.8. The molecule has 12 rings (SSSR count). The third-order valence-electron chi connectivity index (χ3n) is 19.4. The predicted molar refractivity (Wildman–Crippen MR) is 414 cm³/mol. The number of halogens is 8. The number of ether oxygens (including phenoxy) is 4. The van der Waals surface area contributed by atoms with Crippen LogP contribution < -0.4 is 32.7 Å². The molecule has 4 aromatic rings. The Kier molecular flexibility index (Phi) is 27.1. The van der Waals surface area contributed by atoms with Gasteiger partial charge in [-0.25, -0.2) is 54.3 Å². The van der Waals surface area contributed by atoms with Crippen LogP contribution in [0.5, 0.6) is 0 Å². The number of aliphatic imine (C=N–C) groups is 4. The van der Waals surface area contributed by atoms with Crippen molar-refractivity contribution in [2.75, 3.05) is 34.5 Å². The second kappa shape index (κ2) is 34.6. The minimum Gasteiger partial charge on any atom is -0.444 e. The maximum Gasteiger partial charge on any atom is 0.413 e. The summed E-state index contributed by atoms with van der Waals surface area (Å²) < 4.78 is 136. The van der Waals surface area contributed by atoms with Crippen LogP contribution in [-0.4, -0.2) is 120 Å². The lowest BCUT2D eigenvalue weighted by molar-refractivity contribution is -0.385. The quantitative estimate of drug-likeness (QED) is 0.0356. The van der Waals surface area contributed by atoms with Gasteiger partial charge >= 0.3 is 24.4 Å². The van der Waals surface area contributed by atoms with Gasteiger partial charge in [0, 0.05) is 92.4 Å². The summed E-state index contributed by atoms with van der Waals surface area (Å²) in [6.45, 7) is 21.1. The molecule has 596 valence electrons. The predicted octanol–water partition coefficient (Wildman–Crippen LogP) is 18.2. The summed E-state index contributed by atoms with van der Waals surface area (Å²) in [6, 6.07) is 18.6. The van der Waals surface area contributed by atoms with Crippen molar-refractivity contribution in [3.8, 4) is 0 Å². The highest BCUT2D eigenvalue weighted by atomic mass is 32.2. The zero-order chi connectivity index (χ0) is 80.0. The van der Waals surface area contributed by atoms with Crippen LogP contribution in [0.2, 0.25) is 0 Å². The monoisotopic (exact) mass is 1600 g/mol. The number of rotatable bonds is 5. The number of amidine groups is 4. The molecule has 0 saturated heterocycles. The summed E-state index contributed by atoms with van der Waals surface area (Å²) in [5, 5.41) is 23.1. The number of thioether (sulfide) groups is 4. The van der Waals surface area contributed by atoms with Crippen LogP contribution in [0.15, 0.2) is 98.8 Å². The van der Waals surface area contributed by atoms with E-state index in [4.69, 9.17) is 45.4 Å².